The summed E-state index contributed by atoms with van der Waals surface area (Å²) in [5.41, 5.74) is 11.6. The molecule has 0 fully saturated rings. The summed E-state index contributed by atoms with van der Waals surface area (Å²) in [4.78, 5) is 0. The lowest BCUT2D eigenvalue weighted by molar-refractivity contribution is 0.416. The number of hydrogen-bond acceptors (Lipinski definition) is 3. The number of ether oxygens (including phenoxy) is 1. The molecule has 2 rings (SSSR count). The predicted octanol–water partition coefficient (Wildman–Crippen LogP) is 6.54. The topological polar surface area (TPSA) is 47.3 Å². The molecule has 0 unspecified atom stereocenters. The van der Waals surface area contributed by atoms with E-state index >= 15 is 0 Å². The molecule has 0 saturated carbocycles. The zero-order chi connectivity index (χ0) is 19.7. The molecule has 0 aliphatic rings. The van der Waals surface area contributed by atoms with E-state index in [9.17, 15) is 0 Å². The molecule has 0 amide bonds. The van der Waals surface area contributed by atoms with E-state index in [2.05, 4.69) is 80.1 Å². The molecular formula is C22H33BrN2O. The molecule has 0 aromatic heterocycles. The summed E-state index contributed by atoms with van der Waals surface area (Å²) in [6, 6.07) is 10.7. The Morgan fingerprint density at radius 1 is 1.15 bits per heavy atom. The quantitative estimate of drug-likeness (QED) is 0.521. The summed E-state index contributed by atoms with van der Waals surface area (Å²) in [7, 11) is 1.67. The van der Waals surface area contributed by atoms with E-state index < -0.39 is 0 Å². The van der Waals surface area contributed by atoms with Gasteiger partial charge in [-0.2, -0.15) is 0 Å². The van der Waals surface area contributed by atoms with Crippen LogP contribution >= 0.6 is 15.9 Å². The SMILES string of the molecule is CCCNc1c(OC)cc(CC)c(Br)c1N.Cc1ccc(C(C)C)cc1. The normalized spacial score (nSPS) is 10.3. The first kappa shape index (κ1) is 22.4. The maximum absolute atomic E-state index is 6.09. The Morgan fingerprint density at radius 2 is 1.77 bits per heavy atom. The van der Waals surface area contributed by atoms with E-state index in [1.807, 2.05) is 6.07 Å². The monoisotopic (exact) mass is 420 g/mol. The van der Waals surface area contributed by atoms with E-state index in [1.165, 1.54) is 11.1 Å². The third-order valence-corrected chi connectivity index (χ3v) is 5.17. The van der Waals surface area contributed by atoms with Gasteiger partial charge in [0.05, 0.1) is 12.8 Å². The average molecular weight is 421 g/mol. The molecule has 0 heterocycles. The van der Waals surface area contributed by atoms with Crippen LogP contribution in [0.5, 0.6) is 5.75 Å². The highest BCUT2D eigenvalue weighted by molar-refractivity contribution is 9.10. The molecule has 0 saturated heterocycles. The third kappa shape index (κ3) is 6.24. The van der Waals surface area contributed by atoms with E-state index in [4.69, 9.17) is 10.5 Å². The van der Waals surface area contributed by atoms with Gasteiger partial charge >= 0.3 is 0 Å². The number of halogens is 1. The van der Waals surface area contributed by atoms with Crippen LogP contribution in [-0.2, 0) is 6.42 Å². The average Bonchev–Trinajstić information content (AvgIpc) is 2.63. The number of aryl methyl sites for hydroxylation is 2. The summed E-state index contributed by atoms with van der Waals surface area (Å²) in [5, 5.41) is 3.29. The van der Waals surface area contributed by atoms with Gasteiger partial charge in [0.1, 0.15) is 11.4 Å². The number of anilines is 2. The molecule has 4 heteroatoms. The van der Waals surface area contributed by atoms with Gasteiger partial charge in [0.2, 0.25) is 0 Å². The second-order valence-electron chi connectivity index (χ2n) is 6.69. The second kappa shape index (κ2) is 11.1. The minimum absolute atomic E-state index is 0.653. The lowest BCUT2D eigenvalue weighted by atomic mass is 10.0. The lowest BCUT2D eigenvalue weighted by Crippen LogP contribution is -2.07. The third-order valence-electron chi connectivity index (χ3n) is 4.24. The van der Waals surface area contributed by atoms with Crippen molar-refractivity contribution in [1.82, 2.24) is 0 Å². The number of rotatable bonds is 6. The maximum Gasteiger partial charge on any atom is 0.144 e. The molecule has 0 bridgehead atoms. The smallest absolute Gasteiger partial charge is 0.144 e. The summed E-state index contributed by atoms with van der Waals surface area (Å²) in [6.07, 6.45) is 1.98. The van der Waals surface area contributed by atoms with Gasteiger partial charge in [0.25, 0.3) is 0 Å². The van der Waals surface area contributed by atoms with Crippen LogP contribution in [0.25, 0.3) is 0 Å². The van der Waals surface area contributed by atoms with Gasteiger partial charge in [-0.1, -0.05) is 57.5 Å². The van der Waals surface area contributed by atoms with E-state index in [1.54, 1.807) is 7.11 Å². The van der Waals surface area contributed by atoms with Crippen LogP contribution in [0.4, 0.5) is 11.4 Å². The molecule has 0 atom stereocenters. The van der Waals surface area contributed by atoms with Gasteiger partial charge in [-0.15, -0.1) is 0 Å². The molecule has 3 N–H and O–H groups in total. The Kier molecular flexibility index (Phi) is 9.57. The van der Waals surface area contributed by atoms with Gasteiger partial charge in [-0.3, -0.25) is 0 Å². The molecule has 26 heavy (non-hydrogen) atoms. The molecule has 0 spiro atoms. The van der Waals surface area contributed by atoms with E-state index in [0.29, 0.717) is 5.92 Å². The second-order valence-corrected chi connectivity index (χ2v) is 7.48. The Bertz CT molecular complexity index is 682. The largest absolute Gasteiger partial charge is 0.494 e. The number of hydrogen-bond donors (Lipinski definition) is 2. The summed E-state index contributed by atoms with van der Waals surface area (Å²) < 4.78 is 6.32. The fourth-order valence-corrected chi connectivity index (χ4v) is 3.10. The first-order valence-electron chi connectivity index (χ1n) is 9.30. The van der Waals surface area contributed by atoms with Crippen molar-refractivity contribution in [1.29, 1.82) is 0 Å². The van der Waals surface area contributed by atoms with Gasteiger partial charge in [-0.25, -0.2) is 0 Å². The maximum atomic E-state index is 6.09. The van der Waals surface area contributed by atoms with Crippen LogP contribution in [-0.4, -0.2) is 13.7 Å². The van der Waals surface area contributed by atoms with Gasteiger partial charge in [0, 0.05) is 11.0 Å². The predicted molar refractivity (Wildman–Crippen MR) is 119 cm³/mol. The number of methoxy groups -OCH3 is 1. The first-order valence-corrected chi connectivity index (χ1v) is 10.1. The Labute approximate surface area is 167 Å². The van der Waals surface area contributed by atoms with Crippen molar-refractivity contribution >= 4 is 27.3 Å². The molecule has 2 aromatic rings. The summed E-state index contributed by atoms with van der Waals surface area (Å²) in [5.74, 6) is 1.46. The van der Waals surface area contributed by atoms with Gasteiger partial charge in [0.15, 0.2) is 0 Å². The standard InChI is InChI=1S/C12H19BrN2O.C10H14/c1-4-6-15-12-9(16-3)7-8(5-2)10(13)11(12)14;1-8(2)10-6-4-9(3)5-7-10/h7,15H,4-6,14H2,1-3H3;4-8H,1-3H3. The molecule has 144 valence electrons. The van der Waals surface area contributed by atoms with Crippen molar-refractivity contribution in [3.63, 3.8) is 0 Å². The van der Waals surface area contributed by atoms with Crippen molar-refractivity contribution in [2.24, 2.45) is 0 Å². The molecule has 0 aliphatic heterocycles. The van der Waals surface area contributed by atoms with Gasteiger partial charge < -0.3 is 15.8 Å². The fraction of sp³-hybridized carbons (Fsp3) is 0.455. The first-order chi connectivity index (χ1) is 12.3. The highest BCUT2D eigenvalue weighted by Gasteiger charge is 2.13. The number of benzene rings is 2. The zero-order valence-electron chi connectivity index (χ0n) is 16.9. The van der Waals surface area contributed by atoms with Crippen LogP contribution in [0.2, 0.25) is 0 Å². The Balaban J connectivity index is 0.000000289. The van der Waals surface area contributed by atoms with Crippen molar-refractivity contribution < 1.29 is 4.74 Å². The van der Waals surface area contributed by atoms with Crippen molar-refractivity contribution in [2.75, 3.05) is 24.7 Å². The summed E-state index contributed by atoms with van der Waals surface area (Å²) in [6.45, 7) is 11.6. The molecule has 3 nitrogen and oxygen atoms in total. The van der Waals surface area contributed by atoms with Gasteiger partial charge in [-0.05, 0) is 58.8 Å². The molecule has 0 aliphatic carbocycles. The lowest BCUT2D eigenvalue weighted by Gasteiger charge is -2.16. The van der Waals surface area contributed by atoms with Crippen molar-refractivity contribution in [3.05, 3.63) is 51.5 Å². The minimum atomic E-state index is 0.653. The number of nitrogen functional groups attached to an aromatic ring is 1. The van der Waals surface area contributed by atoms with Crippen LogP contribution in [0.3, 0.4) is 0 Å². The zero-order valence-corrected chi connectivity index (χ0v) is 18.5. The van der Waals surface area contributed by atoms with Crippen molar-refractivity contribution in [3.8, 4) is 5.75 Å². The molecular weight excluding hydrogens is 388 g/mol. The highest BCUT2D eigenvalue weighted by Crippen LogP contribution is 2.39. The minimum Gasteiger partial charge on any atom is -0.494 e. The Morgan fingerprint density at radius 3 is 2.23 bits per heavy atom. The van der Waals surface area contributed by atoms with Crippen molar-refractivity contribution in [2.45, 2.75) is 53.4 Å². The van der Waals surface area contributed by atoms with Crippen LogP contribution in [0, 0.1) is 6.92 Å². The number of nitrogens with two attached hydrogens (primary N) is 1. The fourth-order valence-electron chi connectivity index (χ4n) is 2.51. The van der Waals surface area contributed by atoms with E-state index in [-0.39, 0.29) is 0 Å². The Hall–Kier alpha value is -1.68. The van der Waals surface area contributed by atoms with E-state index in [0.717, 1.165) is 46.5 Å². The number of nitrogens with one attached hydrogen (secondary N) is 1. The molecule has 0 radical (unpaired) electrons. The van der Waals surface area contributed by atoms with Crippen LogP contribution < -0.4 is 15.8 Å². The summed E-state index contributed by atoms with van der Waals surface area (Å²) >= 11 is 3.53. The molecule has 2 aromatic carbocycles. The van der Waals surface area contributed by atoms with Crippen LogP contribution in [0.15, 0.2) is 34.8 Å². The highest BCUT2D eigenvalue weighted by atomic mass is 79.9. The van der Waals surface area contributed by atoms with Crippen LogP contribution in [0.1, 0.15) is 56.7 Å².